The van der Waals surface area contributed by atoms with Crippen LogP contribution >= 0.6 is 0 Å². The van der Waals surface area contributed by atoms with Crippen molar-refractivity contribution in [3.63, 3.8) is 0 Å². The van der Waals surface area contributed by atoms with Crippen molar-refractivity contribution < 1.29 is 37.0 Å². The molecule has 3 aromatic rings. The molecule has 0 saturated heterocycles. The quantitative estimate of drug-likeness (QED) is 0.215. The van der Waals surface area contributed by atoms with E-state index >= 15 is 0 Å². The van der Waals surface area contributed by atoms with E-state index in [1.807, 2.05) is 33.8 Å². The number of carbonyl (C=O) groups excluding carboxylic acids is 2. The highest BCUT2D eigenvalue weighted by molar-refractivity contribution is 7.92. The lowest BCUT2D eigenvalue weighted by Crippen LogP contribution is -2.53. The summed E-state index contributed by atoms with van der Waals surface area (Å²) in [5.74, 6) is 0.833. The summed E-state index contributed by atoms with van der Waals surface area (Å²) < 4.78 is 51.2. The molecule has 2 amide bonds. The Kier molecular flexibility index (Phi) is 13.1. The second-order valence-corrected chi connectivity index (χ2v) is 12.4. The van der Waals surface area contributed by atoms with E-state index in [1.54, 1.807) is 49.6 Å². The molecule has 0 aliphatic carbocycles. The zero-order chi connectivity index (χ0) is 33.9. The van der Waals surface area contributed by atoms with Crippen molar-refractivity contribution in [2.24, 2.45) is 0 Å². The molecule has 2 atom stereocenters. The zero-order valence-electron chi connectivity index (χ0n) is 27.6. The van der Waals surface area contributed by atoms with Crippen molar-refractivity contribution in [3.8, 4) is 23.0 Å². The van der Waals surface area contributed by atoms with Crippen LogP contribution in [0.15, 0.2) is 71.6 Å². The molecule has 46 heavy (non-hydrogen) atoms. The van der Waals surface area contributed by atoms with Crippen molar-refractivity contribution >= 4 is 27.5 Å². The summed E-state index contributed by atoms with van der Waals surface area (Å²) in [4.78, 5) is 29.2. The van der Waals surface area contributed by atoms with Gasteiger partial charge in [0.15, 0.2) is 11.5 Å². The summed E-state index contributed by atoms with van der Waals surface area (Å²) in [6.45, 7) is 7.41. The molecule has 0 radical (unpaired) electrons. The Hall–Kier alpha value is -4.45. The molecule has 2 unspecified atom stereocenters. The lowest BCUT2D eigenvalue weighted by molar-refractivity contribution is -0.140. The van der Waals surface area contributed by atoms with Gasteiger partial charge in [-0.05, 0) is 80.8 Å². The average Bonchev–Trinajstić information content (AvgIpc) is 3.07. The molecule has 0 fully saturated rings. The van der Waals surface area contributed by atoms with Crippen LogP contribution in [-0.2, 0) is 26.2 Å². The summed E-state index contributed by atoms with van der Waals surface area (Å²) in [6, 6.07) is 16.9. The first-order valence-electron chi connectivity index (χ1n) is 15.2. The highest BCUT2D eigenvalue weighted by atomic mass is 32.2. The minimum Gasteiger partial charge on any atom is -0.497 e. The molecule has 3 rings (SSSR count). The molecule has 0 saturated carbocycles. The van der Waals surface area contributed by atoms with Gasteiger partial charge in [-0.15, -0.1) is 0 Å². The number of hydrogen-bond donors (Lipinski definition) is 1. The number of sulfonamides is 1. The molecule has 0 spiro atoms. The van der Waals surface area contributed by atoms with Gasteiger partial charge < -0.3 is 29.2 Å². The molecule has 12 heteroatoms. The van der Waals surface area contributed by atoms with Gasteiger partial charge in [0.25, 0.3) is 10.0 Å². The first kappa shape index (κ1) is 36.0. The predicted octanol–water partition coefficient (Wildman–Crippen LogP) is 5.03. The standard InChI is InChI=1S/C34H45N3O8S/c1-8-24(4)35-34(39)30(9-2)36(22-25-12-11-13-28(20-25)42-5)33(38)23-37(26-14-16-27(17-15-26)45-10-3)46(40,41)29-18-19-31(43-6)32(21-29)44-7/h11-21,24,30H,8-10,22-23H2,1-7H3,(H,35,39). The maximum absolute atomic E-state index is 14.4. The number of rotatable bonds is 17. The van der Waals surface area contributed by atoms with Gasteiger partial charge in [-0.3, -0.25) is 13.9 Å². The van der Waals surface area contributed by atoms with Crippen LogP contribution < -0.4 is 28.6 Å². The van der Waals surface area contributed by atoms with E-state index in [0.717, 1.165) is 9.87 Å². The second-order valence-electron chi connectivity index (χ2n) is 10.6. The molecule has 0 aliphatic rings. The Bertz CT molecular complexity index is 1560. The Morgan fingerprint density at radius 3 is 2.11 bits per heavy atom. The SMILES string of the molecule is CCOc1ccc(N(CC(=O)N(Cc2cccc(OC)c2)C(CC)C(=O)NC(C)CC)S(=O)(=O)c2ccc(OC)c(OC)c2)cc1. The zero-order valence-corrected chi connectivity index (χ0v) is 28.4. The van der Waals surface area contributed by atoms with E-state index in [2.05, 4.69) is 5.32 Å². The van der Waals surface area contributed by atoms with E-state index in [0.29, 0.717) is 36.7 Å². The maximum atomic E-state index is 14.4. The predicted molar refractivity (Wildman–Crippen MR) is 177 cm³/mol. The molecule has 0 heterocycles. The normalized spacial score (nSPS) is 12.4. The van der Waals surface area contributed by atoms with E-state index in [-0.39, 0.29) is 34.8 Å². The number of ether oxygens (including phenoxy) is 4. The van der Waals surface area contributed by atoms with Crippen molar-refractivity contribution in [3.05, 3.63) is 72.3 Å². The van der Waals surface area contributed by atoms with Crippen LogP contribution in [0.4, 0.5) is 5.69 Å². The van der Waals surface area contributed by atoms with Crippen molar-refractivity contribution in [2.75, 3.05) is 38.8 Å². The van der Waals surface area contributed by atoms with Crippen LogP contribution in [0.3, 0.4) is 0 Å². The topological polar surface area (TPSA) is 124 Å². The fraction of sp³-hybridized carbons (Fsp3) is 0.412. The first-order valence-corrected chi connectivity index (χ1v) is 16.7. The molecular formula is C34H45N3O8S. The smallest absolute Gasteiger partial charge is 0.264 e. The number of anilines is 1. The molecule has 250 valence electrons. The fourth-order valence-electron chi connectivity index (χ4n) is 4.84. The van der Waals surface area contributed by atoms with Crippen molar-refractivity contribution in [1.82, 2.24) is 10.2 Å². The Labute approximate surface area is 272 Å². The molecule has 11 nitrogen and oxygen atoms in total. The Morgan fingerprint density at radius 2 is 1.52 bits per heavy atom. The van der Waals surface area contributed by atoms with Gasteiger partial charge in [-0.25, -0.2) is 8.42 Å². The third kappa shape index (κ3) is 8.84. The lowest BCUT2D eigenvalue weighted by Gasteiger charge is -2.34. The number of nitrogens with zero attached hydrogens (tertiary/aromatic N) is 2. The van der Waals surface area contributed by atoms with Gasteiger partial charge in [-0.1, -0.05) is 26.0 Å². The minimum atomic E-state index is -4.34. The van der Waals surface area contributed by atoms with E-state index < -0.39 is 28.5 Å². The molecule has 0 aromatic heterocycles. The summed E-state index contributed by atoms with van der Waals surface area (Å²) in [5.41, 5.74) is 0.961. The van der Waals surface area contributed by atoms with Crippen LogP contribution in [0.2, 0.25) is 0 Å². The van der Waals surface area contributed by atoms with Crippen LogP contribution in [0, 0.1) is 0 Å². The average molecular weight is 656 g/mol. The third-order valence-corrected chi connectivity index (χ3v) is 9.30. The molecule has 3 aromatic carbocycles. The molecule has 0 aliphatic heterocycles. The lowest BCUT2D eigenvalue weighted by atomic mass is 10.1. The van der Waals surface area contributed by atoms with Crippen LogP contribution in [0.25, 0.3) is 0 Å². The van der Waals surface area contributed by atoms with Crippen molar-refractivity contribution in [2.45, 2.75) is 64.1 Å². The van der Waals surface area contributed by atoms with Crippen LogP contribution in [0.5, 0.6) is 23.0 Å². The highest BCUT2D eigenvalue weighted by Gasteiger charge is 2.34. The van der Waals surface area contributed by atoms with E-state index in [9.17, 15) is 18.0 Å². The van der Waals surface area contributed by atoms with Gasteiger partial charge >= 0.3 is 0 Å². The maximum Gasteiger partial charge on any atom is 0.264 e. The number of methoxy groups -OCH3 is 3. The van der Waals surface area contributed by atoms with Gasteiger partial charge in [0.2, 0.25) is 11.8 Å². The second kappa shape index (κ2) is 16.7. The van der Waals surface area contributed by atoms with E-state index in [4.69, 9.17) is 18.9 Å². The van der Waals surface area contributed by atoms with Gasteiger partial charge in [-0.2, -0.15) is 0 Å². The van der Waals surface area contributed by atoms with Crippen molar-refractivity contribution in [1.29, 1.82) is 0 Å². The number of hydrogen-bond acceptors (Lipinski definition) is 8. The largest absolute Gasteiger partial charge is 0.497 e. The number of benzene rings is 3. The third-order valence-electron chi connectivity index (χ3n) is 7.53. The molecule has 0 bridgehead atoms. The molecule has 1 N–H and O–H groups in total. The first-order chi connectivity index (χ1) is 22.0. The monoisotopic (exact) mass is 655 g/mol. The van der Waals surface area contributed by atoms with E-state index in [1.165, 1.54) is 37.3 Å². The van der Waals surface area contributed by atoms with Gasteiger partial charge in [0, 0.05) is 18.7 Å². The summed E-state index contributed by atoms with van der Waals surface area (Å²) >= 11 is 0. The fourth-order valence-corrected chi connectivity index (χ4v) is 6.27. The summed E-state index contributed by atoms with van der Waals surface area (Å²) in [6.07, 6.45) is 1.02. The van der Waals surface area contributed by atoms with Gasteiger partial charge in [0.1, 0.15) is 24.1 Å². The Morgan fingerprint density at radius 1 is 0.826 bits per heavy atom. The number of amides is 2. The van der Waals surface area contributed by atoms with Gasteiger partial charge in [0.05, 0.1) is 38.5 Å². The highest BCUT2D eigenvalue weighted by Crippen LogP contribution is 2.33. The number of carbonyl (C=O) groups is 2. The van der Waals surface area contributed by atoms with Crippen LogP contribution in [-0.4, -0.2) is 71.7 Å². The minimum absolute atomic E-state index is 0.0516. The summed E-state index contributed by atoms with van der Waals surface area (Å²) in [7, 11) is 0.0744. The number of nitrogens with one attached hydrogen (secondary N) is 1. The summed E-state index contributed by atoms with van der Waals surface area (Å²) in [5, 5.41) is 2.98. The Balaban J connectivity index is 2.12. The molecular weight excluding hydrogens is 610 g/mol. The van der Waals surface area contributed by atoms with Crippen LogP contribution in [0.1, 0.15) is 46.1 Å².